The molecule has 2 fully saturated rings. The average molecular weight is 325 g/mol. The minimum Gasteiger partial charge on any atom is -0.492 e. The number of halogens is 1. The minimum absolute atomic E-state index is 0.416. The van der Waals surface area contributed by atoms with Crippen LogP contribution in [0.3, 0.4) is 0 Å². The van der Waals surface area contributed by atoms with Gasteiger partial charge in [0.05, 0.1) is 0 Å². The molecule has 104 valence electrons. The number of nitrogens with zero attached hydrogens (tertiary/aromatic N) is 1. The van der Waals surface area contributed by atoms with Crippen LogP contribution in [0, 0.1) is 0 Å². The van der Waals surface area contributed by atoms with E-state index in [-0.39, 0.29) is 0 Å². The summed E-state index contributed by atoms with van der Waals surface area (Å²) in [5.74, 6) is 0.940. The molecule has 2 N–H and O–H groups in total. The van der Waals surface area contributed by atoms with E-state index >= 15 is 0 Å². The predicted octanol–water partition coefficient (Wildman–Crippen LogP) is 2.78. The maximum atomic E-state index is 6.09. The molecule has 3 rings (SSSR count). The molecule has 2 unspecified atom stereocenters. The van der Waals surface area contributed by atoms with Gasteiger partial charge < -0.3 is 10.5 Å². The van der Waals surface area contributed by atoms with Crippen molar-refractivity contribution >= 4 is 15.9 Å². The maximum Gasteiger partial charge on any atom is 0.120 e. The molecule has 2 atom stereocenters. The third-order valence-corrected chi connectivity index (χ3v) is 4.83. The fourth-order valence-corrected chi connectivity index (χ4v) is 3.89. The maximum absolute atomic E-state index is 6.09. The summed E-state index contributed by atoms with van der Waals surface area (Å²) >= 11 is 3.46. The van der Waals surface area contributed by atoms with Crippen LogP contribution in [0.5, 0.6) is 5.75 Å². The van der Waals surface area contributed by atoms with Gasteiger partial charge in [-0.3, -0.25) is 4.90 Å². The highest BCUT2D eigenvalue weighted by Gasteiger charge is 2.39. The number of piperidine rings is 1. The number of hydrogen-bond acceptors (Lipinski definition) is 3. The highest BCUT2D eigenvalue weighted by Crippen LogP contribution is 2.34. The third kappa shape index (κ3) is 3.12. The van der Waals surface area contributed by atoms with E-state index in [1.165, 1.54) is 12.8 Å². The van der Waals surface area contributed by atoms with Crippen molar-refractivity contribution < 1.29 is 4.74 Å². The largest absolute Gasteiger partial charge is 0.492 e. The molecule has 0 saturated carbocycles. The minimum atomic E-state index is 0.416. The molecule has 4 heteroatoms. The van der Waals surface area contributed by atoms with Crippen molar-refractivity contribution in [3.63, 3.8) is 0 Å². The monoisotopic (exact) mass is 324 g/mol. The van der Waals surface area contributed by atoms with Crippen molar-refractivity contribution in [3.05, 3.63) is 28.7 Å². The van der Waals surface area contributed by atoms with Gasteiger partial charge in [-0.05, 0) is 43.9 Å². The number of nitrogens with two attached hydrogens (primary N) is 1. The number of rotatable bonds is 4. The van der Waals surface area contributed by atoms with Crippen molar-refractivity contribution in [3.8, 4) is 5.75 Å². The summed E-state index contributed by atoms with van der Waals surface area (Å²) in [6.07, 6.45) is 4.95. The van der Waals surface area contributed by atoms with Crippen LogP contribution < -0.4 is 10.5 Å². The lowest BCUT2D eigenvalue weighted by Crippen LogP contribution is -2.48. The lowest BCUT2D eigenvalue weighted by molar-refractivity contribution is 0.106. The molecule has 0 amide bonds. The Morgan fingerprint density at radius 2 is 2.00 bits per heavy atom. The van der Waals surface area contributed by atoms with Crippen LogP contribution in [0.1, 0.15) is 25.7 Å². The van der Waals surface area contributed by atoms with E-state index in [1.54, 1.807) is 0 Å². The van der Waals surface area contributed by atoms with Gasteiger partial charge in [0, 0.05) is 29.1 Å². The first-order valence-electron chi connectivity index (χ1n) is 7.12. The van der Waals surface area contributed by atoms with Crippen molar-refractivity contribution in [2.75, 3.05) is 13.2 Å². The Balaban J connectivity index is 1.51. The Bertz CT molecular complexity index is 426. The Labute approximate surface area is 123 Å². The van der Waals surface area contributed by atoms with Crippen LogP contribution in [0.15, 0.2) is 28.7 Å². The van der Waals surface area contributed by atoms with Crippen LogP contribution in [0.25, 0.3) is 0 Å². The molecule has 2 aliphatic rings. The number of fused-ring (bicyclic) bond motifs is 2. The van der Waals surface area contributed by atoms with E-state index in [4.69, 9.17) is 10.5 Å². The lowest BCUT2D eigenvalue weighted by atomic mass is 9.98. The molecule has 2 saturated heterocycles. The lowest BCUT2D eigenvalue weighted by Gasteiger charge is -2.37. The first kappa shape index (κ1) is 13.4. The van der Waals surface area contributed by atoms with Gasteiger partial charge in [-0.15, -0.1) is 0 Å². The summed E-state index contributed by atoms with van der Waals surface area (Å²) < 4.78 is 6.90. The standard InChI is InChI=1S/C15H21BrN2O/c16-11-2-1-3-15(8-11)19-7-6-18-13-4-5-14(18)10-12(17)9-13/h1-3,8,12-14H,4-7,9-10,17H2. The van der Waals surface area contributed by atoms with E-state index in [9.17, 15) is 0 Å². The molecule has 0 spiro atoms. The topological polar surface area (TPSA) is 38.5 Å². The summed E-state index contributed by atoms with van der Waals surface area (Å²) in [6.45, 7) is 1.78. The quantitative estimate of drug-likeness (QED) is 0.925. The Hall–Kier alpha value is -0.580. The molecule has 19 heavy (non-hydrogen) atoms. The molecule has 0 radical (unpaired) electrons. The van der Waals surface area contributed by atoms with Crippen LogP contribution in [-0.2, 0) is 0 Å². The second-order valence-electron chi connectivity index (χ2n) is 5.66. The molecule has 2 bridgehead atoms. The summed E-state index contributed by atoms with van der Waals surface area (Å²) in [5.41, 5.74) is 6.09. The van der Waals surface area contributed by atoms with Gasteiger partial charge in [-0.25, -0.2) is 0 Å². The van der Waals surface area contributed by atoms with Gasteiger partial charge in [0.1, 0.15) is 12.4 Å². The van der Waals surface area contributed by atoms with Gasteiger partial charge >= 0.3 is 0 Å². The Morgan fingerprint density at radius 1 is 1.26 bits per heavy atom. The molecule has 3 nitrogen and oxygen atoms in total. The zero-order valence-electron chi connectivity index (χ0n) is 11.1. The molecule has 1 aromatic rings. The van der Waals surface area contributed by atoms with Crippen molar-refractivity contribution in [1.29, 1.82) is 0 Å². The average Bonchev–Trinajstić information content (AvgIpc) is 2.62. The fraction of sp³-hybridized carbons (Fsp3) is 0.600. The van der Waals surface area contributed by atoms with E-state index < -0.39 is 0 Å². The van der Waals surface area contributed by atoms with E-state index in [1.807, 2.05) is 24.3 Å². The second kappa shape index (κ2) is 5.81. The van der Waals surface area contributed by atoms with Crippen LogP contribution in [0.4, 0.5) is 0 Å². The summed E-state index contributed by atoms with van der Waals surface area (Å²) in [5, 5.41) is 0. The zero-order chi connectivity index (χ0) is 13.2. The predicted molar refractivity (Wildman–Crippen MR) is 80.4 cm³/mol. The van der Waals surface area contributed by atoms with Gasteiger partial charge in [-0.2, -0.15) is 0 Å². The normalized spacial score (nSPS) is 30.5. The van der Waals surface area contributed by atoms with Crippen LogP contribution >= 0.6 is 15.9 Å². The summed E-state index contributed by atoms with van der Waals surface area (Å²) in [6, 6.07) is 9.84. The first-order chi connectivity index (χ1) is 9.22. The molecule has 0 aliphatic carbocycles. The number of hydrogen-bond donors (Lipinski definition) is 1. The molecule has 0 aromatic heterocycles. The zero-order valence-corrected chi connectivity index (χ0v) is 12.7. The smallest absolute Gasteiger partial charge is 0.120 e. The van der Waals surface area contributed by atoms with Gasteiger partial charge in [-0.1, -0.05) is 22.0 Å². The highest BCUT2D eigenvalue weighted by molar-refractivity contribution is 9.10. The van der Waals surface area contributed by atoms with E-state index in [0.29, 0.717) is 18.1 Å². The van der Waals surface area contributed by atoms with Crippen molar-refractivity contribution in [2.24, 2.45) is 5.73 Å². The van der Waals surface area contributed by atoms with Gasteiger partial charge in [0.2, 0.25) is 0 Å². The third-order valence-electron chi connectivity index (χ3n) is 4.34. The number of ether oxygens (including phenoxy) is 1. The SMILES string of the molecule is NC1CC2CCC(C1)N2CCOc1cccc(Br)c1. The summed E-state index contributed by atoms with van der Waals surface area (Å²) in [4.78, 5) is 2.61. The molecule has 2 aliphatic heterocycles. The van der Waals surface area contributed by atoms with Crippen molar-refractivity contribution in [2.45, 2.75) is 43.8 Å². The summed E-state index contributed by atoms with van der Waals surface area (Å²) in [7, 11) is 0. The van der Waals surface area contributed by atoms with Crippen molar-refractivity contribution in [1.82, 2.24) is 4.90 Å². The Morgan fingerprint density at radius 3 is 2.68 bits per heavy atom. The Kier molecular flexibility index (Phi) is 4.10. The highest BCUT2D eigenvalue weighted by atomic mass is 79.9. The van der Waals surface area contributed by atoms with Gasteiger partial charge in [0.25, 0.3) is 0 Å². The van der Waals surface area contributed by atoms with E-state index in [2.05, 4.69) is 20.8 Å². The van der Waals surface area contributed by atoms with Crippen LogP contribution in [0.2, 0.25) is 0 Å². The van der Waals surface area contributed by atoms with Crippen LogP contribution in [-0.4, -0.2) is 36.2 Å². The molecular formula is C15H21BrN2O. The molecule has 1 aromatic carbocycles. The molecular weight excluding hydrogens is 304 g/mol. The second-order valence-corrected chi connectivity index (χ2v) is 6.58. The fourth-order valence-electron chi connectivity index (χ4n) is 3.51. The number of benzene rings is 1. The molecule has 2 heterocycles. The first-order valence-corrected chi connectivity index (χ1v) is 7.91. The van der Waals surface area contributed by atoms with Gasteiger partial charge in [0.15, 0.2) is 0 Å². The van der Waals surface area contributed by atoms with E-state index in [0.717, 1.165) is 36.2 Å².